The van der Waals surface area contributed by atoms with Gasteiger partial charge in [-0.3, -0.25) is 4.79 Å². The molecule has 0 bridgehead atoms. The van der Waals surface area contributed by atoms with Crippen molar-refractivity contribution in [3.63, 3.8) is 0 Å². The summed E-state index contributed by atoms with van der Waals surface area (Å²) in [5, 5.41) is 4.04. The van der Waals surface area contributed by atoms with E-state index in [9.17, 15) is 4.79 Å². The van der Waals surface area contributed by atoms with Crippen molar-refractivity contribution >= 4 is 22.6 Å². The molecule has 1 saturated heterocycles. The number of fused-ring (bicyclic) bond motifs is 1. The van der Waals surface area contributed by atoms with Crippen molar-refractivity contribution < 1.29 is 4.79 Å². The van der Waals surface area contributed by atoms with E-state index in [0.717, 1.165) is 35.4 Å². The van der Waals surface area contributed by atoms with Crippen molar-refractivity contribution in [3.8, 4) is 0 Å². The average Bonchev–Trinajstić information content (AvgIpc) is 3.29. The number of aromatic nitrogens is 2. The van der Waals surface area contributed by atoms with Crippen molar-refractivity contribution in [2.75, 3.05) is 18.0 Å². The Hall–Kier alpha value is -2.82. The molecule has 1 aromatic carbocycles. The number of aryl methyl sites for hydroxylation is 1. The molecule has 3 aromatic rings. The number of benzene rings is 1. The maximum atomic E-state index is 12.4. The predicted octanol–water partition coefficient (Wildman–Crippen LogP) is 3.40. The van der Waals surface area contributed by atoms with Crippen LogP contribution in [0.25, 0.3) is 10.9 Å². The number of aromatic amines is 1. The first-order valence-corrected chi connectivity index (χ1v) is 8.76. The Bertz CT molecular complexity index is 909. The normalized spacial score (nSPS) is 14.2. The topological polar surface area (TPSA) is 61.0 Å². The first-order chi connectivity index (χ1) is 12.2. The van der Waals surface area contributed by atoms with Crippen LogP contribution in [0.3, 0.4) is 0 Å². The van der Waals surface area contributed by atoms with Crippen molar-refractivity contribution in [3.05, 3.63) is 59.4 Å². The van der Waals surface area contributed by atoms with E-state index in [-0.39, 0.29) is 5.91 Å². The summed E-state index contributed by atoms with van der Waals surface area (Å²) in [5.74, 6) is 0.915. The van der Waals surface area contributed by atoms with Crippen LogP contribution in [0.15, 0.2) is 42.6 Å². The lowest BCUT2D eigenvalue weighted by atomic mass is 10.2. The lowest BCUT2D eigenvalue weighted by molar-refractivity contribution is 0.0946. The fraction of sp³-hybridized carbons (Fsp3) is 0.300. The molecule has 1 fully saturated rings. The zero-order chi connectivity index (χ0) is 17.2. The van der Waals surface area contributed by atoms with E-state index in [4.69, 9.17) is 0 Å². The summed E-state index contributed by atoms with van der Waals surface area (Å²) in [7, 11) is 0. The Kier molecular flexibility index (Phi) is 4.14. The van der Waals surface area contributed by atoms with Crippen molar-refractivity contribution in [2.24, 2.45) is 0 Å². The average molecular weight is 334 g/mol. The Morgan fingerprint density at radius 1 is 1.20 bits per heavy atom. The number of carbonyl (C=O) groups excluding carboxylic acids is 1. The minimum Gasteiger partial charge on any atom is -0.357 e. The summed E-state index contributed by atoms with van der Waals surface area (Å²) in [6.07, 6.45) is 4.27. The Labute approximate surface area is 147 Å². The quantitative estimate of drug-likeness (QED) is 0.769. The standard InChI is InChI=1S/C20H22N4O/c1-14-4-5-16-12-18(23-17(16)10-14)20(25)22-13-15-6-7-21-19(11-15)24-8-2-3-9-24/h4-7,10-12,23H,2-3,8-9,13H2,1H3,(H,22,25). The van der Waals surface area contributed by atoms with Gasteiger partial charge in [-0.25, -0.2) is 4.98 Å². The Morgan fingerprint density at radius 3 is 2.88 bits per heavy atom. The van der Waals surface area contributed by atoms with Crippen LogP contribution in [0.2, 0.25) is 0 Å². The molecular formula is C20H22N4O. The SMILES string of the molecule is Cc1ccc2cc(C(=O)NCc3ccnc(N4CCCC4)c3)[nH]c2c1. The molecule has 2 aromatic heterocycles. The Balaban J connectivity index is 1.45. The first kappa shape index (κ1) is 15.7. The number of H-pyrrole nitrogens is 1. The van der Waals surface area contributed by atoms with Gasteiger partial charge in [0.15, 0.2) is 0 Å². The van der Waals surface area contributed by atoms with Crippen LogP contribution in [0.4, 0.5) is 5.82 Å². The van der Waals surface area contributed by atoms with Gasteiger partial charge in [0.1, 0.15) is 11.5 Å². The third kappa shape index (κ3) is 3.36. The largest absolute Gasteiger partial charge is 0.357 e. The van der Waals surface area contributed by atoms with Crippen LogP contribution in [0.1, 0.15) is 34.5 Å². The Morgan fingerprint density at radius 2 is 2.04 bits per heavy atom. The molecule has 1 amide bonds. The number of carbonyl (C=O) groups is 1. The third-order valence-electron chi connectivity index (χ3n) is 4.72. The number of anilines is 1. The molecule has 0 unspecified atom stereocenters. The van der Waals surface area contributed by atoms with Gasteiger partial charge < -0.3 is 15.2 Å². The van der Waals surface area contributed by atoms with E-state index in [1.807, 2.05) is 31.3 Å². The minimum atomic E-state index is -0.0895. The van der Waals surface area contributed by atoms with Crippen LogP contribution >= 0.6 is 0 Å². The van der Waals surface area contributed by atoms with Gasteiger partial charge in [0.05, 0.1) is 0 Å². The summed E-state index contributed by atoms with van der Waals surface area (Å²) in [5.41, 5.74) is 3.82. The predicted molar refractivity (Wildman–Crippen MR) is 99.9 cm³/mol. The molecule has 2 N–H and O–H groups in total. The fourth-order valence-corrected chi connectivity index (χ4v) is 3.33. The van der Waals surface area contributed by atoms with Gasteiger partial charge in [0.25, 0.3) is 5.91 Å². The molecule has 3 heterocycles. The number of hydrogen-bond donors (Lipinski definition) is 2. The van der Waals surface area contributed by atoms with Crippen molar-refractivity contribution in [1.29, 1.82) is 0 Å². The van der Waals surface area contributed by atoms with E-state index in [0.29, 0.717) is 12.2 Å². The summed E-state index contributed by atoms with van der Waals surface area (Å²) in [6, 6.07) is 12.1. The molecule has 4 rings (SSSR count). The van der Waals surface area contributed by atoms with Gasteiger partial charge in [-0.05, 0) is 55.2 Å². The monoisotopic (exact) mass is 334 g/mol. The highest BCUT2D eigenvalue weighted by atomic mass is 16.1. The number of nitrogens with one attached hydrogen (secondary N) is 2. The number of hydrogen-bond acceptors (Lipinski definition) is 3. The van der Waals surface area contributed by atoms with Crippen LogP contribution in [-0.4, -0.2) is 29.0 Å². The van der Waals surface area contributed by atoms with Gasteiger partial charge in [-0.1, -0.05) is 12.1 Å². The summed E-state index contributed by atoms with van der Waals surface area (Å²) >= 11 is 0. The number of amides is 1. The van der Waals surface area contributed by atoms with Gasteiger partial charge in [0.2, 0.25) is 0 Å². The van der Waals surface area contributed by atoms with Crippen molar-refractivity contribution in [1.82, 2.24) is 15.3 Å². The smallest absolute Gasteiger partial charge is 0.267 e. The second kappa shape index (κ2) is 6.59. The molecule has 5 nitrogen and oxygen atoms in total. The first-order valence-electron chi connectivity index (χ1n) is 8.76. The van der Waals surface area contributed by atoms with Crippen molar-refractivity contribution in [2.45, 2.75) is 26.3 Å². The molecule has 0 radical (unpaired) electrons. The molecule has 0 saturated carbocycles. The minimum absolute atomic E-state index is 0.0895. The second-order valence-corrected chi connectivity index (χ2v) is 6.67. The molecule has 25 heavy (non-hydrogen) atoms. The molecule has 1 aliphatic rings. The molecule has 128 valence electrons. The highest BCUT2D eigenvalue weighted by Crippen LogP contribution is 2.19. The van der Waals surface area contributed by atoms with E-state index in [1.165, 1.54) is 18.4 Å². The van der Waals surface area contributed by atoms with E-state index in [1.54, 1.807) is 0 Å². The van der Waals surface area contributed by atoms with Crippen LogP contribution in [-0.2, 0) is 6.54 Å². The lowest BCUT2D eigenvalue weighted by Gasteiger charge is -2.16. The van der Waals surface area contributed by atoms with E-state index < -0.39 is 0 Å². The van der Waals surface area contributed by atoms with E-state index >= 15 is 0 Å². The maximum absolute atomic E-state index is 12.4. The van der Waals surface area contributed by atoms with Gasteiger partial charge in [-0.15, -0.1) is 0 Å². The summed E-state index contributed by atoms with van der Waals surface area (Å²) in [6.45, 7) is 4.67. The lowest BCUT2D eigenvalue weighted by Crippen LogP contribution is -2.24. The van der Waals surface area contributed by atoms with Crippen LogP contribution in [0, 0.1) is 6.92 Å². The molecule has 0 aliphatic carbocycles. The molecule has 0 spiro atoms. The highest BCUT2D eigenvalue weighted by molar-refractivity contribution is 5.98. The maximum Gasteiger partial charge on any atom is 0.267 e. The zero-order valence-corrected chi connectivity index (χ0v) is 14.4. The molecule has 1 aliphatic heterocycles. The van der Waals surface area contributed by atoms with Gasteiger partial charge >= 0.3 is 0 Å². The number of pyridine rings is 1. The van der Waals surface area contributed by atoms with E-state index in [2.05, 4.69) is 38.4 Å². The van der Waals surface area contributed by atoms with Crippen LogP contribution in [0.5, 0.6) is 0 Å². The molecule has 0 atom stereocenters. The summed E-state index contributed by atoms with van der Waals surface area (Å²) in [4.78, 5) is 22.4. The van der Waals surface area contributed by atoms with Gasteiger partial charge in [-0.2, -0.15) is 0 Å². The summed E-state index contributed by atoms with van der Waals surface area (Å²) < 4.78 is 0. The number of rotatable bonds is 4. The van der Waals surface area contributed by atoms with Crippen LogP contribution < -0.4 is 10.2 Å². The molecule has 5 heteroatoms. The third-order valence-corrected chi connectivity index (χ3v) is 4.72. The fourth-order valence-electron chi connectivity index (χ4n) is 3.33. The molecular weight excluding hydrogens is 312 g/mol. The van der Waals surface area contributed by atoms with Gasteiger partial charge in [0, 0.05) is 36.7 Å². The highest BCUT2D eigenvalue weighted by Gasteiger charge is 2.14. The zero-order valence-electron chi connectivity index (χ0n) is 14.4. The number of nitrogens with zero attached hydrogens (tertiary/aromatic N) is 2. The second-order valence-electron chi connectivity index (χ2n) is 6.67.